The Kier molecular flexibility index (Phi) is 6.36. The van der Waals surface area contributed by atoms with Crippen LogP contribution in [0.5, 0.6) is 0 Å². The molecule has 0 saturated carbocycles. The van der Waals surface area contributed by atoms with E-state index in [4.69, 9.17) is 0 Å². The molecular formula is C21H22N2O4S. The maximum atomic E-state index is 13.0. The molecule has 0 unspecified atom stereocenters. The van der Waals surface area contributed by atoms with E-state index in [1.54, 1.807) is 12.1 Å². The largest absolute Gasteiger partial charge is 0.480 e. The van der Waals surface area contributed by atoms with E-state index in [0.717, 1.165) is 11.1 Å². The summed E-state index contributed by atoms with van der Waals surface area (Å²) in [5.41, 5.74) is 2.45. The van der Waals surface area contributed by atoms with Gasteiger partial charge < -0.3 is 10.4 Å². The molecule has 28 heavy (non-hydrogen) atoms. The molecule has 0 aromatic heterocycles. The zero-order chi connectivity index (χ0) is 20.1. The van der Waals surface area contributed by atoms with Gasteiger partial charge in [0.25, 0.3) is 0 Å². The first-order valence-electron chi connectivity index (χ1n) is 9.09. The normalized spacial score (nSPS) is 17.4. The van der Waals surface area contributed by atoms with E-state index in [9.17, 15) is 19.5 Å². The number of amides is 2. The number of carboxylic acids is 1. The Labute approximate surface area is 169 Å². The third kappa shape index (κ3) is 4.72. The van der Waals surface area contributed by atoms with Gasteiger partial charge in [-0.2, -0.15) is 12.6 Å². The monoisotopic (exact) mass is 398 g/mol. The molecule has 3 rings (SSSR count). The number of thiol groups is 1. The molecule has 2 aromatic carbocycles. The van der Waals surface area contributed by atoms with Crippen LogP contribution in [0.1, 0.15) is 17.5 Å². The summed E-state index contributed by atoms with van der Waals surface area (Å²) in [4.78, 5) is 38.1. The first-order valence-corrected chi connectivity index (χ1v) is 9.61. The highest BCUT2D eigenvalue weighted by Gasteiger charge is 2.33. The molecule has 6 nitrogen and oxygen atoms in total. The lowest BCUT2D eigenvalue weighted by Crippen LogP contribution is -2.51. The Hall–Kier alpha value is -2.80. The molecule has 2 atom stereocenters. The molecule has 2 aromatic rings. The summed E-state index contributed by atoms with van der Waals surface area (Å²) in [5, 5.41) is 11.4. The predicted octanol–water partition coefficient (Wildman–Crippen LogP) is 2.08. The number of benzene rings is 2. The number of anilines is 1. The molecule has 0 radical (unpaired) electrons. The summed E-state index contributed by atoms with van der Waals surface area (Å²) in [6.07, 6.45) is 1.41. The molecule has 0 saturated heterocycles. The van der Waals surface area contributed by atoms with Crippen LogP contribution in [0, 0.1) is 0 Å². The van der Waals surface area contributed by atoms with Crippen LogP contribution in [0.3, 0.4) is 0 Å². The maximum absolute atomic E-state index is 13.0. The molecule has 1 aliphatic heterocycles. The molecule has 146 valence electrons. The lowest BCUT2D eigenvalue weighted by atomic mass is 10.1. The number of carboxylic acid groups (broad SMARTS) is 1. The van der Waals surface area contributed by atoms with E-state index in [1.807, 2.05) is 42.5 Å². The lowest BCUT2D eigenvalue weighted by molar-refractivity contribution is -0.137. The number of rotatable bonds is 6. The standard InChI is InChI=1S/C21H22N2O4S/c24-19(25)13-23-17-9-5-4-8-15(17)10-11-16(21(23)27)22-20(26)18(28)12-14-6-2-1-3-7-14/h1-9,16,18,28H,10-13H2,(H,22,26)(H,24,25)/t16-,18+/m0/s1. The van der Waals surface area contributed by atoms with Crippen LogP contribution in [0.4, 0.5) is 5.69 Å². The minimum absolute atomic E-state index is 0.341. The Morgan fingerprint density at radius 1 is 1.14 bits per heavy atom. The van der Waals surface area contributed by atoms with Crippen LogP contribution in [-0.2, 0) is 27.2 Å². The maximum Gasteiger partial charge on any atom is 0.323 e. The van der Waals surface area contributed by atoms with Crippen molar-refractivity contribution in [3.63, 3.8) is 0 Å². The summed E-state index contributed by atoms with van der Waals surface area (Å²) in [5.74, 6) is -1.86. The van der Waals surface area contributed by atoms with Gasteiger partial charge in [0.15, 0.2) is 0 Å². The summed E-state index contributed by atoms with van der Waals surface area (Å²) >= 11 is 4.39. The van der Waals surface area contributed by atoms with Crippen LogP contribution < -0.4 is 10.2 Å². The highest BCUT2D eigenvalue weighted by Crippen LogP contribution is 2.27. The topological polar surface area (TPSA) is 86.7 Å². The zero-order valence-corrected chi connectivity index (χ0v) is 16.1. The summed E-state index contributed by atoms with van der Waals surface area (Å²) in [7, 11) is 0. The molecule has 1 aliphatic rings. The molecule has 2 amide bonds. The lowest BCUT2D eigenvalue weighted by Gasteiger charge is -2.25. The van der Waals surface area contributed by atoms with Gasteiger partial charge >= 0.3 is 5.97 Å². The fourth-order valence-electron chi connectivity index (χ4n) is 3.35. The van der Waals surface area contributed by atoms with Gasteiger partial charge in [0.05, 0.1) is 5.25 Å². The molecule has 7 heteroatoms. The average Bonchev–Trinajstić information content (AvgIpc) is 2.81. The Morgan fingerprint density at radius 3 is 2.54 bits per heavy atom. The van der Waals surface area contributed by atoms with Crippen LogP contribution in [0.2, 0.25) is 0 Å². The van der Waals surface area contributed by atoms with Gasteiger partial charge in [0.1, 0.15) is 12.6 Å². The molecule has 0 aliphatic carbocycles. The summed E-state index contributed by atoms with van der Waals surface area (Å²) < 4.78 is 0. The molecule has 0 fully saturated rings. The van der Waals surface area contributed by atoms with Crippen molar-refractivity contribution in [3.05, 3.63) is 65.7 Å². The van der Waals surface area contributed by atoms with Crippen molar-refractivity contribution in [2.75, 3.05) is 11.4 Å². The van der Waals surface area contributed by atoms with Gasteiger partial charge in [-0.1, -0.05) is 48.5 Å². The number of para-hydroxylation sites is 1. The van der Waals surface area contributed by atoms with Gasteiger partial charge in [-0.3, -0.25) is 19.3 Å². The van der Waals surface area contributed by atoms with Gasteiger partial charge in [0.2, 0.25) is 11.8 Å². The fourth-order valence-corrected chi connectivity index (χ4v) is 3.63. The first kappa shape index (κ1) is 19.9. The van der Waals surface area contributed by atoms with E-state index in [0.29, 0.717) is 24.9 Å². The van der Waals surface area contributed by atoms with E-state index in [1.165, 1.54) is 4.90 Å². The minimum Gasteiger partial charge on any atom is -0.480 e. The van der Waals surface area contributed by atoms with Crippen LogP contribution >= 0.6 is 12.6 Å². The number of fused-ring (bicyclic) bond motifs is 1. The van der Waals surface area contributed by atoms with Gasteiger partial charge in [-0.15, -0.1) is 0 Å². The second-order valence-corrected chi connectivity index (χ2v) is 7.38. The number of aliphatic carboxylic acids is 1. The smallest absolute Gasteiger partial charge is 0.323 e. The van der Waals surface area contributed by atoms with Crippen LogP contribution in [-0.4, -0.2) is 40.7 Å². The van der Waals surface area contributed by atoms with Gasteiger partial charge in [-0.25, -0.2) is 0 Å². The number of hydrogen-bond donors (Lipinski definition) is 3. The predicted molar refractivity (Wildman–Crippen MR) is 110 cm³/mol. The molecule has 0 spiro atoms. The quantitative estimate of drug-likeness (QED) is 0.650. The second-order valence-electron chi connectivity index (χ2n) is 6.75. The number of hydrogen-bond acceptors (Lipinski definition) is 4. The fraction of sp³-hybridized carbons (Fsp3) is 0.286. The zero-order valence-electron chi connectivity index (χ0n) is 15.2. The Balaban J connectivity index is 1.74. The second kappa shape index (κ2) is 8.93. The van der Waals surface area contributed by atoms with Gasteiger partial charge in [0, 0.05) is 5.69 Å². The van der Waals surface area contributed by atoms with Crippen molar-refractivity contribution in [1.82, 2.24) is 5.32 Å². The van der Waals surface area contributed by atoms with E-state index in [-0.39, 0.29) is 5.91 Å². The number of nitrogens with zero attached hydrogens (tertiary/aromatic N) is 1. The Morgan fingerprint density at radius 2 is 1.82 bits per heavy atom. The third-order valence-electron chi connectivity index (χ3n) is 4.73. The summed E-state index contributed by atoms with van der Waals surface area (Å²) in [6.45, 7) is -0.448. The van der Waals surface area contributed by atoms with Crippen molar-refractivity contribution in [1.29, 1.82) is 0 Å². The van der Waals surface area contributed by atoms with E-state index >= 15 is 0 Å². The number of carbonyl (C=O) groups is 3. The molecular weight excluding hydrogens is 376 g/mol. The first-order chi connectivity index (χ1) is 13.5. The molecule has 0 bridgehead atoms. The SMILES string of the molecule is O=C(O)CN1C(=O)[C@@H](NC(=O)[C@H](S)Cc2ccccc2)CCc2ccccc21. The minimum atomic E-state index is -1.11. The van der Waals surface area contributed by atoms with Crippen molar-refractivity contribution >= 4 is 36.1 Å². The van der Waals surface area contributed by atoms with Crippen molar-refractivity contribution in [3.8, 4) is 0 Å². The van der Waals surface area contributed by atoms with Crippen molar-refractivity contribution in [2.45, 2.75) is 30.6 Å². The van der Waals surface area contributed by atoms with Crippen LogP contribution in [0.25, 0.3) is 0 Å². The van der Waals surface area contributed by atoms with E-state index < -0.39 is 29.7 Å². The number of aryl methyl sites for hydroxylation is 1. The highest BCUT2D eigenvalue weighted by molar-refractivity contribution is 7.81. The average molecular weight is 398 g/mol. The van der Waals surface area contributed by atoms with Gasteiger partial charge in [-0.05, 0) is 36.5 Å². The van der Waals surface area contributed by atoms with E-state index in [2.05, 4.69) is 17.9 Å². The molecule has 1 heterocycles. The highest BCUT2D eigenvalue weighted by atomic mass is 32.1. The summed E-state index contributed by atoms with van der Waals surface area (Å²) in [6, 6.07) is 16.0. The Bertz CT molecular complexity index is 872. The third-order valence-corrected chi connectivity index (χ3v) is 5.15. The van der Waals surface area contributed by atoms with Crippen molar-refractivity contribution < 1.29 is 19.5 Å². The number of nitrogens with one attached hydrogen (secondary N) is 1. The van der Waals surface area contributed by atoms with Crippen molar-refractivity contribution in [2.24, 2.45) is 0 Å². The number of carbonyl (C=O) groups excluding carboxylic acids is 2. The molecule has 2 N–H and O–H groups in total. The van der Waals surface area contributed by atoms with Crippen LogP contribution in [0.15, 0.2) is 54.6 Å².